The Morgan fingerprint density at radius 1 is 1.54 bits per heavy atom. The summed E-state index contributed by atoms with van der Waals surface area (Å²) in [6.07, 6.45) is -0.265. The van der Waals surface area contributed by atoms with Gasteiger partial charge in [-0.2, -0.15) is 0 Å². The molecule has 0 saturated heterocycles. The van der Waals surface area contributed by atoms with Crippen molar-refractivity contribution >= 4 is 17.7 Å². The molecule has 0 aromatic heterocycles. The van der Waals surface area contributed by atoms with Gasteiger partial charge in [0.05, 0.1) is 13.0 Å². The molecule has 0 spiro atoms. The van der Waals surface area contributed by atoms with Crippen LogP contribution in [0.2, 0.25) is 0 Å². The second kappa shape index (κ2) is 5.29. The predicted octanol–water partition coefficient (Wildman–Crippen LogP) is 0.680. The highest BCUT2D eigenvalue weighted by Gasteiger charge is 2.23. The highest BCUT2D eigenvalue weighted by molar-refractivity contribution is 6.01. The van der Waals surface area contributed by atoms with Gasteiger partial charge in [-0.25, -0.2) is 0 Å². The minimum Gasteiger partial charge on any atom is -0.481 e. The van der Waals surface area contributed by atoms with E-state index in [4.69, 9.17) is 10.5 Å². The van der Waals surface area contributed by atoms with Crippen LogP contribution < -0.4 is 0 Å². The maximum atomic E-state index is 10.9. The van der Waals surface area contributed by atoms with E-state index >= 15 is 0 Å². The van der Waals surface area contributed by atoms with Crippen LogP contribution in [0.25, 0.3) is 0 Å². The molecule has 0 aliphatic rings. The second-order valence-electron chi connectivity index (χ2n) is 2.58. The van der Waals surface area contributed by atoms with Crippen LogP contribution >= 0.6 is 0 Å². The first-order valence-electron chi connectivity index (χ1n) is 3.92. The molecule has 0 aromatic rings. The molecule has 0 rings (SSSR count). The van der Waals surface area contributed by atoms with Crippen LogP contribution in [0.5, 0.6) is 0 Å². The highest BCUT2D eigenvalue weighted by atomic mass is 16.5. The zero-order chi connectivity index (χ0) is 10.4. The third-order valence-electron chi connectivity index (χ3n) is 1.50. The summed E-state index contributed by atoms with van der Waals surface area (Å²) >= 11 is 0. The molecule has 13 heavy (non-hydrogen) atoms. The lowest BCUT2D eigenvalue weighted by Crippen LogP contribution is -2.25. The van der Waals surface area contributed by atoms with Crippen molar-refractivity contribution in [1.82, 2.24) is 0 Å². The lowest BCUT2D eigenvalue weighted by atomic mass is 10.0. The summed E-state index contributed by atoms with van der Waals surface area (Å²) in [4.78, 5) is 21.4. The molecule has 0 bridgehead atoms. The van der Waals surface area contributed by atoms with Crippen molar-refractivity contribution in [3.63, 3.8) is 0 Å². The fourth-order valence-electron chi connectivity index (χ4n) is 0.812. The lowest BCUT2D eigenvalue weighted by molar-refractivity contribution is -0.149. The molecule has 0 heterocycles. The van der Waals surface area contributed by atoms with Gasteiger partial charge in [0.15, 0.2) is 0 Å². The molecule has 2 N–H and O–H groups in total. The summed E-state index contributed by atoms with van der Waals surface area (Å²) in [5, 5.41) is 15.7. The quantitative estimate of drug-likeness (QED) is 0.489. The third-order valence-corrected chi connectivity index (χ3v) is 1.50. The molecule has 5 heteroatoms. The van der Waals surface area contributed by atoms with E-state index in [0.29, 0.717) is 0 Å². The average molecular weight is 187 g/mol. The topological polar surface area (TPSA) is 87.5 Å². The molecule has 0 amide bonds. The maximum absolute atomic E-state index is 10.9. The van der Waals surface area contributed by atoms with Crippen molar-refractivity contribution in [2.24, 2.45) is 5.92 Å². The number of nitrogens with one attached hydrogen (secondary N) is 1. The zero-order valence-electron chi connectivity index (χ0n) is 7.66. The molecule has 0 radical (unpaired) electrons. The van der Waals surface area contributed by atoms with E-state index in [1.807, 2.05) is 0 Å². The average Bonchev–Trinajstić information content (AvgIpc) is 1.99. The summed E-state index contributed by atoms with van der Waals surface area (Å²) < 4.78 is 4.57. The number of carboxylic acid groups (broad SMARTS) is 1. The number of ether oxygens (including phenoxy) is 1. The summed E-state index contributed by atoms with van der Waals surface area (Å²) in [7, 11) is 0. The molecule has 0 aromatic carbocycles. The fraction of sp³-hybridized carbons (Fsp3) is 0.625. The zero-order valence-corrected chi connectivity index (χ0v) is 7.66. The maximum Gasteiger partial charge on any atom is 0.312 e. The normalized spacial score (nSPS) is 11.8. The minimum atomic E-state index is -1.17. The Kier molecular flexibility index (Phi) is 4.72. The first-order chi connectivity index (χ1) is 5.99. The smallest absolute Gasteiger partial charge is 0.312 e. The van der Waals surface area contributed by atoms with Gasteiger partial charge in [0.25, 0.3) is 0 Å². The molecule has 0 aliphatic carbocycles. The van der Waals surface area contributed by atoms with Gasteiger partial charge in [0, 0.05) is 5.71 Å². The summed E-state index contributed by atoms with van der Waals surface area (Å²) in [5.41, 5.74) is -0.0412. The Balaban J connectivity index is 4.19. The van der Waals surface area contributed by atoms with Crippen LogP contribution in [0.1, 0.15) is 20.3 Å². The number of esters is 1. The van der Waals surface area contributed by atoms with Crippen molar-refractivity contribution in [1.29, 1.82) is 5.41 Å². The van der Waals surface area contributed by atoms with Gasteiger partial charge in [-0.1, -0.05) is 0 Å². The van der Waals surface area contributed by atoms with Crippen molar-refractivity contribution < 1.29 is 19.4 Å². The van der Waals surface area contributed by atoms with E-state index in [1.165, 1.54) is 6.92 Å². The largest absolute Gasteiger partial charge is 0.481 e. The van der Waals surface area contributed by atoms with Gasteiger partial charge in [0.2, 0.25) is 0 Å². The molecule has 1 atom stereocenters. The van der Waals surface area contributed by atoms with E-state index in [-0.39, 0.29) is 18.7 Å². The molecule has 0 aliphatic heterocycles. The van der Waals surface area contributed by atoms with E-state index in [2.05, 4.69) is 4.74 Å². The minimum absolute atomic E-state index is 0.0412. The van der Waals surface area contributed by atoms with E-state index in [9.17, 15) is 9.59 Å². The highest BCUT2D eigenvalue weighted by Crippen LogP contribution is 2.06. The monoisotopic (exact) mass is 187 g/mol. The van der Waals surface area contributed by atoms with Crippen LogP contribution in [-0.2, 0) is 14.3 Å². The second-order valence-corrected chi connectivity index (χ2v) is 2.58. The van der Waals surface area contributed by atoms with E-state index in [1.54, 1.807) is 6.92 Å². The van der Waals surface area contributed by atoms with Gasteiger partial charge in [-0.15, -0.1) is 0 Å². The molecular formula is C8H13NO4. The Labute approximate surface area is 76.2 Å². The van der Waals surface area contributed by atoms with Crippen molar-refractivity contribution in [2.75, 3.05) is 6.61 Å². The van der Waals surface area contributed by atoms with Gasteiger partial charge >= 0.3 is 11.9 Å². The lowest BCUT2D eigenvalue weighted by Gasteiger charge is -2.09. The summed E-state index contributed by atoms with van der Waals surface area (Å²) in [6, 6.07) is 0. The molecule has 1 unspecified atom stereocenters. The van der Waals surface area contributed by atoms with Gasteiger partial charge in [-0.3, -0.25) is 9.59 Å². The first-order valence-corrected chi connectivity index (χ1v) is 3.92. The summed E-state index contributed by atoms with van der Waals surface area (Å²) in [5.74, 6) is -2.80. The Morgan fingerprint density at radius 3 is 2.38 bits per heavy atom. The number of aliphatic carboxylic acids is 1. The summed E-state index contributed by atoms with van der Waals surface area (Å²) in [6.45, 7) is 3.23. The number of hydrogen-bond acceptors (Lipinski definition) is 4. The molecule has 0 fully saturated rings. The predicted molar refractivity (Wildman–Crippen MR) is 45.8 cm³/mol. The molecule has 0 saturated carbocycles. The standard InChI is InChI=1S/C8H13NO4/c1-3-13-7(10)4-6(5(2)9)8(11)12/h6,9H,3-4H2,1-2H3,(H,11,12). The number of rotatable bonds is 5. The first kappa shape index (κ1) is 11.6. The molecule has 74 valence electrons. The Hall–Kier alpha value is -1.39. The number of carbonyl (C=O) groups is 2. The Bertz CT molecular complexity index is 210. The van der Waals surface area contributed by atoms with Crippen LogP contribution in [0.3, 0.4) is 0 Å². The number of carboxylic acids is 1. The van der Waals surface area contributed by atoms with Crippen molar-refractivity contribution in [3.8, 4) is 0 Å². The van der Waals surface area contributed by atoms with E-state index in [0.717, 1.165) is 0 Å². The molecular weight excluding hydrogens is 174 g/mol. The van der Waals surface area contributed by atoms with Crippen molar-refractivity contribution in [3.05, 3.63) is 0 Å². The third kappa shape index (κ3) is 4.25. The SMILES string of the molecule is CCOC(=O)CC(C(C)=N)C(=O)O. The van der Waals surface area contributed by atoms with Crippen LogP contribution in [0, 0.1) is 11.3 Å². The number of hydrogen-bond donors (Lipinski definition) is 2. The Morgan fingerprint density at radius 2 is 2.08 bits per heavy atom. The van der Waals surface area contributed by atoms with Crippen molar-refractivity contribution in [2.45, 2.75) is 20.3 Å². The van der Waals surface area contributed by atoms with Crippen LogP contribution in [-0.4, -0.2) is 29.4 Å². The number of carbonyl (C=O) groups excluding carboxylic acids is 1. The van der Waals surface area contributed by atoms with Gasteiger partial charge < -0.3 is 15.3 Å². The van der Waals surface area contributed by atoms with Crippen LogP contribution in [0.15, 0.2) is 0 Å². The van der Waals surface area contributed by atoms with Crippen LogP contribution in [0.4, 0.5) is 0 Å². The molecule has 5 nitrogen and oxygen atoms in total. The van der Waals surface area contributed by atoms with Gasteiger partial charge in [0.1, 0.15) is 5.92 Å². The van der Waals surface area contributed by atoms with E-state index < -0.39 is 17.9 Å². The van der Waals surface area contributed by atoms with Gasteiger partial charge in [-0.05, 0) is 13.8 Å². The fourth-order valence-corrected chi connectivity index (χ4v) is 0.812.